The lowest BCUT2D eigenvalue weighted by Gasteiger charge is -2.27. The first kappa shape index (κ1) is 19.3. The van der Waals surface area contributed by atoms with Gasteiger partial charge in [-0.2, -0.15) is 13.7 Å². The third-order valence-corrected chi connectivity index (χ3v) is 5.95. The van der Waals surface area contributed by atoms with Crippen molar-refractivity contribution in [3.63, 3.8) is 0 Å². The van der Waals surface area contributed by atoms with Crippen LogP contribution in [0.5, 0.6) is 0 Å². The molecule has 0 amide bonds. The molecule has 2 aromatic rings. The van der Waals surface area contributed by atoms with Gasteiger partial charge < -0.3 is 22.1 Å². The van der Waals surface area contributed by atoms with Crippen LogP contribution >= 0.6 is 11.8 Å². The zero-order valence-electron chi connectivity index (χ0n) is 14.0. The summed E-state index contributed by atoms with van der Waals surface area (Å²) in [7, 11) is 0. The van der Waals surface area contributed by atoms with Crippen LogP contribution in [-0.4, -0.2) is 45.1 Å². The molecule has 0 radical (unpaired) electrons. The highest BCUT2D eigenvalue weighted by Crippen LogP contribution is 2.38. The molecule has 0 spiro atoms. The molecule has 26 heavy (non-hydrogen) atoms. The molecule has 0 fully saturated rings. The Kier molecular flexibility index (Phi) is 5.69. The van der Waals surface area contributed by atoms with Gasteiger partial charge in [0.2, 0.25) is 0 Å². The van der Waals surface area contributed by atoms with E-state index < -0.39 is 12.3 Å². The summed E-state index contributed by atoms with van der Waals surface area (Å²) in [6.45, 7) is -1.87. The normalized spacial score (nSPS) is 22.4. The van der Waals surface area contributed by atoms with Gasteiger partial charge in [0.25, 0.3) is 5.72 Å². The van der Waals surface area contributed by atoms with Crippen LogP contribution in [0.2, 0.25) is 0 Å². The number of aliphatic hydroxyl groups is 1. The Hall–Kier alpha value is -1.44. The summed E-state index contributed by atoms with van der Waals surface area (Å²) in [6, 6.07) is 17.1. The Labute approximate surface area is 166 Å². The number of alkyl halides is 2. The van der Waals surface area contributed by atoms with E-state index in [1.807, 2.05) is 47.0 Å². The molecule has 1 N–H and O–H groups in total. The highest BCUT2D eigenvalue weighted by molar-refractivity contribution is 8.13. The van der Waals surface area contributed by atoms with Crippen molar-refractivity contribution in [3.05, 3.63) is 60.2 Å². The van der Waals surface area contributed by atoms with Crippen molar-refractivity contribution in [3.8, 4) is 11.1 Å². The molecule has 138 valence electrons. The van der Waals surface area contributed by atoms with Gasteiger partial charge in [-0.3, -0.25) is 0 Å². The summed E-state index contributed by atoms with van der Waals surface area (Å²) in [5.41, 5.74) is 0.848. The van der Waals surface area contributed by atoms with Gasteiger partial charge in [-0.25, -0.2) is 4.58 Å². The average molecular weight is 441 g/mol. The van der Waals surface area contributed by atoms with Crippen molar-refractivity contribution >= 4 is 16.9 Å². The number of halogens is 3. The van der Waals surface area contributed by atoms with E-state index in [-0.39, 0.29) is 23.5 Å². The van der Waals surface area contributed by atoms with Crippen LogP contribution in [0, 0.1) is 0 Å². The van der Waals surface area contributed by atoms with E-state index in [0.717, 1.165) is 28.2 Å². The van der Waals surface area contributed by atoms with Crippen LogP contribution in [0.1, 0.15) is 12.0 Å². The molecular weight excluding hydrogens is 422 g/mol. The number of hydrogen-bond donors (Lipinski definition) is 1. The van der Waals surface area contributed by atoms with Gasteiger partial charge >= 0.3 is 11.7 Å². The average Bonchev–Trinajstić information content (AvgIpc) is 2.96. The molecule has 2 aliphatic heterocycles. The highest BCUT2D eigenvalue weighted by atomic mass is 79.9. The molecule has 1 unspecified atom stereocenters. The van der Waals surface area contributed by atoms with Crippen molar-refractivity contribution in [2.45, 2.75) is 18.7 Å². The van der Waals surface area contributed by atoms with E-state index >= 15 is 0 Å². The van der Waals surface area contributed by atoms with Crippen LogP contribution in [0.25, 0.3) is 11.1 Å². The van der Waals surface area contributed by atoms with Crippen LogP contribution in [0.4, 0.5) is 8.78 Å². The van der Waals surface area contributed by atoms with Crippen molar-refractivity contribution in [1.29, 1.82) is 0 Å². The zero-order valence-corrected chi connectivity index (χ0v) is 16.4. The van der Waals surface area contributed by atoms with E-state index in [9.17, 15) is 13.9 Å². The molecule has 0 aliphatic carbocycles. The van der Waals surface area contributed by atoms with Crippen molar-refractivity contribution < 1.29 is 35.4 Å². The molecule has 0 saturated carbocycles. The quantitative estimate of drug-likeness (QED) is 0.557. The fraction of sp³-hybridized carbons (Fsp3) is 0.316. The number of hydrogen-bond acceptors (Lipinski definition) is 3. The summed E-state index contributed by atoms with van der Waals surface area (Å²) in [6.07, 6.45) is 0.939. The molecule has 1 atom stereocenters. The summed E-state index contributed by atoms with van der Waals surface area (Å²) in [5.74, 6) is 0.804. The summed E-state index contributed by atoms with van der Waals surface area (Å²) >= 11 is 1.40. The third-order valence-electron chi connectivity index (χ3n) is 4.74. The minimum absolute atomic E-state index is 0. The number of rotatable bonds is 3. The second-order valence-electron chi connectivity index (χ2n) is 6.31. The Morgan fingerprint density at radius 1 is 1.04 bits per heavy atom. The summed E-state index contributed by atoms with van der Waals surface area (Å²) in [5, 5.41) is 11.6. The number of thioether (sulfide) groups is 1. The SMILES string of the molecule is OC1(c2ccc(-c3ccccc3)cc2)C[N+]2=C(SCCC2)N1C(F)F.[Br-]. The van der Waals surface area contributed by atoms with Crippen molar-refractivity contribution in [1.82, 2.24) is 4.90 Å². The van der Waals surface area contributed by atoms with E-state index in [2.05, 4.69) is 0 Å². The molecular formula is C19H19BrF2N2OS. The lowest BCUT2D eigenvalue weighted by atomic mass is 9.98. The standard InChI is InChI=1S/C19H19F2N2OS.BrH/c20-17(21)23-18-22(11-4-12-25-18)13-19(23,24)16-9-7-15(8-10-16)14-5-2-1-3-6-14;/h1-3,5-10,17,24H,4,11-13H2;1H/q+1;/p-1. The van der Waals surface area contributed by atoms with Crippen molar-refractivity contribution in [2.75, 3.05) is 18.8 Å². The Morgan fingerprint density at radius 3 is 2.35 bits per heavy atom. The van der Waals surface area contributed by atoms with Crippen LogP contribution in [0.3, 0.4) is 0 Å². The Morgan fingerprint density at radius 2 is 1.69 bits per heavy atom. The summed E-state index contributed by atoms with van der Waals surface area (Å²) < 4.78 is 29.3. The van der Waals surface area contributed by atoms with Gasteiger partial charge in [-0.05, 0) is 29.3 Å². The smallest absolute Gasteiger partial charge is 0.386 e. The van der Waals surface area contributed by atoms with Crippen LogP contribution in [0.15, 0.2) is 54.6 Å². The molecule has 2 heterocycles. The molecule has 2 aliphatic rings. The minimum Gasteiger partial charge on any atom is -1.00 e. The lowest BCUT2D eigenvalue weighted by molar-refractivity contribution is -0.533. The van der Waals surface area contributed by atoms with Gasteiger partial charge in [-0.15, -0.1) is 0 Å². The molecule has 0 bridgehead atoms. The maximum atomic E-state index is 13.7. The second kappa shape index (κ2) is 7.66. The first-order chi connectivity index (χ1) is 12.1. The second-order valence-corrected chi connectivity index (χ2v) is 7.38. The predicted molar refractivity (Wildman–Crippen MR) is 95.7 cm³/mol. The van der Waals surface area contributed by atoms with Crippen LogP contribution < -0.4 is 17.0 Å². The van der Waals surface area contributed by atoms with Gasteiger partial charge in [0.05, 0.1) is 6.54 Å². The Balaban J connectivity index is 0.00000196. The molecule has 3 nitrogen and oxygen atoms in total. The fourth-order valence-corrected chi connectivity index (χ4v) is 4.67. The molecule has 0 aromatic heterocycles. The zero-order chi connectivity index (χ0) is 17.4. The predicted octanol–water partition coefficient (Wildman–Crippen LogP) is 0.546. The number of nitrogens with zero attached hydrogens (tertiary/aromatic N) is 2. The lowest BCUT2D eigenvalue weighted by Crippen LogP contribution is -3.00. The van der Waals surface area contributed by atoms with Gasteiger partial charge in [0.15, 0.2) is 6.54 Å². The van der Waals surface area contributed by atoms with Crippen LogP contribution in [-0.2, 0) is 5.72 Å². The minimum atomic E-state index is -2.75. The largest absolute Gasteiger partial charge is 1.00 e. The van der Waals surface area contributed by atoms with E-state index in [4.69, 9.17) is 0 Å². The number of benzene rings is 2. The third kappa shape index (κ3) is 3.28. The molecule has 4 rings (SSSR count). The number of amidine groups is 1. The van der Waals surface area contributed by atoms with Gasteiger partial charge in [0, 0.05) is 11.3 Å². The van der Waals surface area contributed by atoms with Gasteiger partial charge in [0.1, 0.15) is 0 Å². The highest BCUT2D eigenvalue weighted by Gasteiger charge is 2.57. The molecule has 2 aromatic carbocycles. The first-order valence-corrected chi connectivity index (χ1v) is 9.29. The fourth-order valence-electron chi connectivity index (χ4n) is 3.51. The Bertz CT molecular complexity index is 801. The molecule has 7 heteroatoms. The first-order valence-electron chi connectivity index (χ1n) is 8.30. The molecule has 0 saturated heterocycles. The van der Waals surface area contributed by atoms with Gasteiger partial charge in [-0.1, -0.05) is 54.6 Å². The van der Waals surface area contributed by atoms with E-state index in [1.165, 1.54) is 11.8 Å². The van der Waals surface area contributed by atoms with Crippen molar-refractivity contribution in [2.24, 2.45) is 0 Å². The van der Waals surface area contributed by atoms with E-state index in [1.54, 1.807) is 12.1 Å². The van der Waals surface area contributed by atoms with E-state index in [0.29, 0.717) is 17.3 Å². The maximum Gasteiger partial charge on any atom is 0.386 e. The maximum absolute atomic E-state index is 13.7. The summed E-state index contributed by atoms with van der Waals surface area (Å²) in [4.78, 5) is 0.869. The topological polar surface area (TPSA) is 26.5 Å². The monoisotopic (exact) mass is 440 g/mol.